The van der Waals surface area contributed by atoms with Crippen molar-refractivity contribution in [1.82, 2.24) is 24.9 Å². The largest absolute Gasteiger partial charge is 0.495 e. The first-order valence-corrected chi connectivity index (χ1v) is 7.53. The molecule has 0 unspecified atom stereocenters. The van der Waals surface area contributed by atoms with Gasteiger partial charge in [-0.1, -0.05) is 5.16 Å². The highest BCUT2D eigenvalue weighted by Crippen LogP contribution is 2.32. The molecule has 3 aromatic heterocycles. The summed E-state index contributed by atoms with van der Waals surface area (Å²) in [6, 6.07) is 6.07. The second-order valence-corrected chi connectivity index (χ2v) is 5.49. The van der Waals surface area contributed by atoms with Gasteiger partial charge in [0.1, 0.15) is 11.4 Å². The number of methoxy groups -OCH3 is 1. The first kappa shape index (κ1) is 16.8. The minimum atomic E-state index is -4.44. The van der Waals surface area contributed by atoms with Crippen LogP contribution >= 0.6 is 0 Å². The molecule has 8 nitrogen and oxygen atoms in total. The van der Waals surface area contributed by atoms with Crippen LogP contribution in [0.3, 0.4) is 0 Å². The molecule has 4 aromatic rings. The Morgan fingerprint density at radius 2 is 1.96 bits per heavy atom. The number of halogens is 3. The number of aromatic amines is 1. The Hall–Kier alpha value is -3.63. The Kier molecular flexibility index (Phi) is 3.72. The number of pyridine rings is 1. The van der Waals surface area contributed by atoms with Crippen LogP contribution in [0.1, 0.15) is 5.56 Å². The van der Waals surface area contributed by atoms with Gasteiger partial charge in [0.25, 0.3) is 0 Å². The minimum Gasteiger partial charge on any atom is -0.495 e. The second kappa shape index (κ2) is 5.97. The van der Waals surface area contributed by atoms with Crippen molar-refractivity contribution in [3.8, 4) is 23.0 Å². The van der Waals surface area contributed by atoms with Crippen LogP contribution in [-0.4, -0.2) is 32.0 Å². The fraction of sp³-hybridized carbons (Fsp3) is 0.125. The maximum atomic E-state index is 12.8. The van der Waals surface area contributed by atoms with Gasteiger partial charge in [-0.15, -0.1) is 0 Å². The van der Waals surface area contributed by atoms with Crippen LogP contribution in [0.15, 0.2) is 45.8 Å². The molecule has 0 saturated carbocycles. The molecule has 4 rings (SSSR count). The molecule has 0 amide bonds. The average Bonchev–Trinajstić information content (AvgIpc) is 3.24. The van der Waals surface area contributed by atoms with Crippen LogP contribution < -0.4 is 10.5 Å². The zero-order valence-corrected chi connectivity index (χ0v) is 13.6. The van der Waals surface area contributed by atoms with Crippen molar-refractivity contribution in [2.75, 3.05) is 7.11 Å². The molecule has 3 heterocycles. The zero-order chi connectivity index (χ0) is 19.2. The van der Waals surface area contributed by atoms with E-state index >= 15 is 0 Å². The number of fused-ring (bicyclic) bond motifs is 1. The van der Waals surface area contributed by atoms with Crippen LogP contribution in [0.2, 0.25) is 0 Å². The van der Waals surface area contributed by atoms with Gasteiger partial charge in [0.05, 0.1) is 29.9 Å². The molecule has 0 aliphatic heterocycles. The maximum Gasteiger partial charge on any atom is 0.439 e. The Bertz CT molecular complexity index is 1170. The van der Waals surface area contributed by atoms with Gasteiger partial charge in [-0.2, -0.15) is 18.3 Å². The van der Waals surface area contributed by atoms with Crippen LogP contribution in [0.25, 0.3) is 28.2 Å². The molecule has 0 fully saturated rings. The van der Waals surface area contributed by atoms with Crippen molar-refractivity contribution in [1.29, 1.82) is 0 Å². The molecular formula is C16H10F3N5O3. The summed E-state index contributed by atoms with van der Waals surface area (Å²) < 4.78 is 49.4. The van der Waals surface area contributed by atoms with Crippen molar-refractivity contribution in [2.45, 2.75) is 6.18 Å². The second-order valence-electron chi connectivity index (χ2n) is 5.49. The number of nitrogens with one attached hydrogen (secondary N) is 1. The van der Waals surface area contributed by atoms with Gasteiger partial charge in [-0.05, 0) is 30.3 Å². The summed E-state index contributed by atoms with van der Waals surface area (Å²) in [6.45, 7) is 0. The monoisotopic (exact) mass is 377 g/mol. The summed E-state index contributed by atoms with van der Waals surface area (Å²) in [5.41, 5.74) is 0.151. The minimum absolute atomic E-state index is 0.0608. The molecule has 0 radical (unpaired) electrons. The summed E-state index contributed by atoms with van der Waals surface area (Å²) in [6.07, 6.45) is -3.00. The van der Waals surface area contributed by atoms with E-state index in [0.717, 1.165) is 12.1 Å². The number of hydrogen-bond donors (Lipinski definition) is 1. The van der Waals surface area contributed by atoms with Crippen molar-refractivity contribution in [3.05, 3.63) is 52.6 Å². The van der Waals surface area contributed by atoms with Crippen LogP contribution in [0.4, 0.5) is 13.2 Å². The van der Waals surface area contributed by atoms with Crippen molar-refractivity contribution >= 4 is 11.0 Å². The highest BCUT2D eigenvalue weighted by molar-refractivity contribution is 5.91. The van der Waals surface area contributed by atoms with E-state index in [0.29, 0.717) is 22.5 Å². The van der Waals surface area contributed by atoms with E-state index in [-0.39, 0.29) is 11.5 Å². The van der Waals surface area contributed by atoms with E-state index in [1.54, 1.807) is 6.07 Å². The third-order valence-electron chi connectivity index (χ3n) is 3.84. The third kappa shape index (κ3) is 2.92. The predicted molar refractivity (Wildman–Crippen MR) is 86.5 cm³/mol. The standard InChI is InChI=1S/C16H10F3N5O3/c1-26-10-6-11-12(13-21-15(25)27-23-13)22-24(14(11)20-7-10)9-4-2-8(3-5-9)16(17,18)19/h2-7H,1H3,(H,21,23,25). The number of benzene rings is 1. The van der Waals surface area contributed by atoms with Gasteiger partial charge in [0, 0.05) is 0 Å². The molecule has 0 aliphatic carbocycles. The van der Waals surface area contributed by atoms with E-state index in [4.69, 9.17) is 4.74 Å². The van der Waals surface area contributed by atoms with Crippen molar-refractivity contribution in [2.24, 2.45) is 0 Å². The Labute approximate surface area is 148 Å². The van der Waals surface area contributed by atoms with Crippen LogP contribution in [-0.2, 0) is 6.18 Å². The Morgan fingerprint density at radius 1 is 1.22 bits per heavy atom. The van der Waals surface area contributed by atoms with E-state index in [2.05, 4.69) is 24.7 Å². The number of rotatable bonds is 3. The number of ether oxygens (including phenoxy) is 1. The van der Waals surface area contributed by atoms with Gasteiger partial charge in [0.2, 0.25) is 5.82 Å². The number of nitrogens with zero attached hydrogens (tertiary/aromatic N) is 4. The quantitative estimate of drug-likeness (QED) is 0.589. The van der Waals surface area contributed by atoms with E-state index in [9.17, 15) is 18.0 Å². The van der Waals surface area contributed by atoms with E-state index in [1.165, 1.54) is 30.1 Å². The molecule has 0 bridgehead atoms. The average molecular weight is 377 g/mol. The SMILES string of the molecule is COc1cnc2c(c1)c(-c1noc(=O)[nH]1)nn2-c1ccc(C(F)(F)F)cc1. The molecule has 1 N–H and O–H groups in total. The van der Waals surface area contributed by atoms with Crippen LogP contribution in [0.5, 0.6) is 5.75 Å². The fourth-order valence-electron chi connectivity index (χ4n) is 2.57. The van der Waals surface area contributed by atoms with Gasteiger partial charge in [-0.25, -0.2) is 14.5 Å². The smallest absolute Gasteiger partial charge is 0.439 e. The fourth-order valence-corrected chi connectivity index (χ4v) is 2.57. The lowest BCUT2D eigenvalue weighted by atomic mass is 10.2. The summed E-state index contributed by atoms with van der Waals surface area (Å²) in [7, 11) is 1.46. The third-order valence-corrected chi connectivity index (χ3v) is 3.84. The Morgan fingerprint density at radius 3 is 2.56 bits per heavy atom. The molecular weight excluding hydrogens is 367 g/mol. The number of H-pyrrole nitrogens is 1. The molecule has 138 valence electrons. The molecule has 0 aliphatic rings. The van der Waals surface area contributed by atoms with E-state index in [1.807, 2.05) is 0 Å². The molecule has 0 spiro atoms. The molecule has 1 aromatic carbocycles. The van der Waals surface area contributed by atoms with Gasteiger partial charge in [-0.3, -0.25) is 9.51 Å². The number of alkyl halides is 3. The predicted octanol–water partition coefficient (Wildman–Crippen LogP) is 2.79. The Balaban J connectivity index is 1.92. The summed E-state index contributed by atoms with van der Waals surface area (Å²) >= 11 is 0. The van der Waals surface area contributed by atoms with Crippen LogP contribution in [0, 0.1) is 0 Å². The molecule has 0 saturated heterocycles. The molecule has 27 heavy (non-hydrogen) atoms. The number of aromatic nitrogens is 5. The zero-order valence-electron chi connectivity index (χ0n) is 13.6. The lowest BCUT2D eigenvalue weighted by Gasteiger charge is -2.08. The van der Waals surface area contributed by atoms with Crippen molar-refractivity contribution in [3.63, 3.8) is 0 Å². The van der Waals surface area contributed by atoms with Gasteiger partial charge >= 0.3 is 11.9 Å². The summed E-state index contributed by atoms with van der Waals surface area (Å²) in [4.78, 5) is 17.9. The maximum absolute atomic E-state index is 12.8. The lowest BCUT2D eigenvalue weighted by molar-refractivity contribution is -0.137. The van der Waals surface area contributed by atoms with Crippen molar-refractivity contribution < 1.29 is 22.4 Å². The first-order chi connectivity index (χ1) is 12.9. The number of hydrogen-bond acceptors (Lipinski definition) is 6. The summed E-state index contributed by atoms with van der Waals surface area (Å²) in [5.74, 6) is -0.273. The molecule has 11 heteroatoms. The van der Waals surface area contributed by atoms with Gasteiger partial charge < -0.3 is 4.74 Å². The highest BCUT2D eigenvalue weighted by Gasteiger charge is 2.30. The lowest BCUT2D eigenvalue weighted by Crippen LogP contribution is -2.05. The highest BCUT2D eigenvalue weighted by atomic mass is 19.4. The topological polar surface area (TPSA) is 98.8 Å². The first-order valence-electron chi connectivity index (χ1n) is 7.53. The normalized spacial score (nSPS) is 11.9. The van der Waals surface area contributed by atoms with E-state index < -0.39 is 17.5 Å². The van der Waals surface area contributed by atoms with Gasteiger partial charge in [0.15, 0.2) is 5.65 Å². The molecule has 0 atom stereocenters. The summed E-state index contributed by atoms with van der Waals surface area (Å²) in [5, 5.41) is 8.42.